The number of anilines is 1. The molecule has 1 aromatic rings. The number of pyridine rings is 1. The number of hydrogen-bond acceptors (Lipinski definition) is 4. The number of rotatable bonds is 5. The van der Waals surface area contributed by atoms with Crippen molar-refractivity contribution in [3.05, 3.63) is 23.9 Å². The molecule has 17 heavy (non-hydrogen) atoms. The molecule has 0 saturated heterocycles. The Balaban J connectivity index is 2.87. The molecule has 0 radical (unpaired) electrons. The van der Waals surface area contributed by atoms with Gasteiger partial charge in [0.05, 0.1) is 5.56 Å². The zero-order valence-corrected chi connectivity index (χ0v) is 10.5. The second-order valence-electron chi connectivity index (χ2n) is 3.24. The van der Waals surface area contributed by atoms with Gasteiger partial charge in [0.15, 0.2) is 0 Å². The van der Waals surface area contributed by atoms with Crippen LogP contribution in [0.2, 0.25) is 0 Å². The zero-order chi connectivity index (χ0) is 12.9. The van der Waals surface area contributed by atoms with Crippen LogP contribution in [0.3, 0.4) is 0 Å². The summed E-state index contributed by atoms with van der Waals surface area (Å²) in [7, 11) is -3.56. The van der Waals surface area contributed by atoms with Crippen LogP contribution in [-0.2, 0) is 10.2 Å². The smallest absolute Gasteiger partial charge is 0.254 e. The number of nitrogens with one attached hydrogen (secondary N) is 1. The molecule has 0 amide bonds. The molecule has 0 atom stereocenters. The van der Waals surface area contributed by atoms with Gasteiger partial charge in [0.25, 0.3) is 0 Å². The van der Waals surface area contributed by atoms with E-state index in [-0.39, 0.29) is 5.82 Å². The van der Waals surface area contributed by atoms with Crippen molar-refractivity contribution in [1.29, 1.82) is 5.26 Å². The Morgan fingerprint density at radius 1 is 1.41 bits per heavy atom. The van der Waals surface area contributed by atoms with Crippen molar-refractivity contribution in [2.45, 2.75) is 13.8 Å². The highest BCUT2D eigenvalue weighted by molar-refractivity contribution is 7.90. The summed E-state index contributed by atoms with van der Waals surface area (Å²) in [6.07, 6.45) is 1.32. The van der Waals surface area contributed by atoms with Crippen LogP contribution in [0.25, 0.3) is 0 Å². The van der Waals surface area contributed by atoms with Gasteiger partial charge in [-0.1, -0.05) is 13.8 Å². The lowest BCUT2D eigenvalue weighted by Gasteiger charge is -2.18. The predicted octanol–water partition coefficient (Wildman–Crippen LogP) is 0.952. The molecule has 0 aliphatic carbocycles. The molecule has 1 aromatic heterocycles. The van der Waals surface area contributed by atoms with Crippen molar-refractivity contribution in [3.8, 4) is 6.07 Å². The van der Waals surface area contributed by atoms with E-state index in [0.29, 0.717) is 18.7 Å². The fourth-order valence-corrected chi connectivity index (χ4v) is 2.47. The molecule has 0 saturated carbocycles. The van der Waals surface area contributed by atoms with Crippen LogP contribution >= 0.6 is 0 Å². The first kappa shape index (κ1) is 13.4. The summed E-state index contributed by atoms with van der Waals surface area (Å²) in [6, 6.07) is 4.88. The van der Waals surface area contributed by atoms with E-state index in [1.807, 2.05) is 6.07 Å². The minimum atomic E-state index is -3.56. The van der Waals surface area contributed by atoms with Crippen LogP contribution < -0.4 is 4.72 Å². The lowest BCUT2D eigenvalue weighted by molar-refractivity contribution is 0.449. The van der Waals surface area contributed by atoms with E-state index in [1.54, 1.807) is 13.8 Å². The minimum absolute atomic E-state index is 0.205. The number of aromatic nitrogens is 1. The molecule has 92 valence electrons. The van der Waals surface area contributed by atoms with E-state index >= 15 is 0 Å². The monoisotopic (exact) mass is 254 g/mol. The van der Waals surface area contributed by atoms with Crippen LogP contribution in [0.5, 0.6) is 0 Å². The molecule has 0 aliphatic rings. The average Bonchev–Trinajstić information content (AvgIpc) is 2.30. The minimum Gasteiger partial charge on any atom is -0.254 e. The molecule has 7 heteroatoms. The Hall–Kier alpha value is -1.65. The molecule has 0 bridgehead atoms. The van der Waals surface area contributed by atoms with Crippen LogP contribution in [0.4, 0.5) is 5.82 Å². The molecule has 1 heterocycles. The van der Waals surface area contributed by atoms with Gasteiger partial charge in [-0.15, -0.1) is 0 Å². The third kappa shape index (κ3) is 3.41. The topological polar surface area (TPSA) is 86.1 Å². The maximum atomic E-state index is 11.8. The number of nitrogens with zero attached hydrogens (tertiary/aromatic N) is 3. The SMILES string of the molecule is CCN(CC)S(=O)(=O)Nc1ccc(C#N)cn1. The van der Waals surface area contributed by atoms with Gasteiger partial charge in [0.2, 0.25) is 0 Å². The summed E-state index contributed by atoms with van der Waals surface area (Å²) in [6.45, 7) is 4.30. The molecular formula is C10H14N4O2S. The van der Waals surface area contributed by atoms with E-state index in [2.05, 4.69) is 9.71 Å². The highest BCUT2D eigenvalue weighted by atomic mass is 32.2. The van der Waals surface area contributed by atoms with Gasteiger partial charge in [-0.25, -0.2) is 4.98 Å². The summed E-state index contributed by atoms with van der Waals surface area (Å²) in [5.41, 5.74) is 0.385. The van der Waals surface area contributed by atoms with E-state index in [4.69, 9.17) is 5.26 Å². The van der Waals surface area contributed by atoms with Crippen LogP contribution in [0, 0.1) is 11.3 Å². The third-order valence-electron chi connectivity index (χ3n) is 2.17. The second kappa shape index (κ2) is 5.61. The maximum Gasteiger partial charge on any atom is 0.302 e. The predicted molar refractivity (Wildman–Crippen MR) is 64.4 cm³/mol. The van der Waals surface area contributed by atoms with Crippen LogP contribution in [0.1, 0.15) is 19.4 Å². The molecule has 0 aliphatic heterocycles. The van der Waals surface area contributed by atoms with Gasteiger partial charge in [0, 0.05) is 19.3 Å². The summed E-state index contributed by atoms with van der Waals surface area (Å²) in [4.78, 5) is 3.85. The van der Waals surface area contributed by atoms with Gasteiger partial charge < -0.3 is 0 Å². The first-order chi connectivity index (χ1) is 8.03. The van der Waals surface area contributed by atoms with E-state index in [9.17, 15) is 8.42 Å². The fourth-order valence-electron chi connectivity index (χ4n) is 1.28. The second-order valence-corrected chi connectivity index (χ2v) is 4.91. The van der Waals surface area contributed by atoms with Crippen LogP contribution in [0.15, 0.2) is 18.3 Å². The van der Waals surface area contributed by atoms with Gasteiger partial charge in [-0.2, -0.15) is 18.0 Å². The Labute approximate surface area is 101 Å². The van der Waals surface area contributed by atoms with Crippen molar-refractivity contribution in [1.82, 2.24) is 9.29 Å². The summed E-state index contributed by atoms with van der Waals surface area (Å²) >= 11 is 0. The van der Waals surface area contributed by atoms with Crippen molar-refractivity contribution in [2.24, 2.45) is 0 Å². The molecule has 1 N–H and O–H groups in total. The first-order valence-electron chi connectivity index (χ1n) is 5.17. The first-order valence-corrected chi connectivity index (χ1v) is 6.61. The molecule has 0 unspecified atom stereocenters. The van der Waals surface area contributed by atoms with Crippen molar-refractivity contribution >= 4 is 16.0 Å². The lowest BCUT2D eigenvalue weighted by atomic mass is 10.3. The van der Waals surface area contributed by atoms with Crippen molar-refractivity contribution in [3.63, 3.8) is 0 Å². The third-order valence-corrected chi connectivity index (χ3v) is 3.83. The Morgan fingerprint density at radius 3 is 2.47 bits per heavy atom. The fraction of sp³-hybridized carbons (Fsp3) is 0.400. The highest BCUT2D eigenvalue weighted by Crippen LogP contribution is 2.09. The lowest BCUT2D eigenvalue weighted by Crippen LogP contribution is -2.35. The van der Waals surface area contributed by atoms with E-state index in [1.165, 1.54) is 22.6 Å². The van der Waals surface area contributed by atoms with Crippen LogP contribution in [-0.4, -0.2) is 30.8 Å². The summed E-state index contributed by atoms with van der Waals surface area (Å²) < 4.78 is 27.3. The molecule has 0 aromatic carbocycles. The Bertz CT molecular complexity index is 500. The van der Waals surface area contributed by atoms with Crippen molar-refractivity contribution < 1.29 is 8.42 Å². The number of nitriles is 1. The highest BCUT2D eigenvalue weighted by Gasteiger charge is 2.18. The molecule has 1 rings (SSSR count). The van der Waals surface area contributed by atoms with Crippen molar-refractivity contribution in [2.75, 3.05) is 17.8 Å². The molecule has 0 spiro atoms. The van der Waals surface area contributed by atoms with E-state index in [0.717, 1.165) is 0 Å². The Kier molecular flexibility index (Phi) is 4.43. The van der Waals surface area contributed by atoms with Gasteiger partial charge in [-0.3, -0.25) is 4.72 Å². The van der Waals surface area contributed by atoms with Gasteiger partial charge in [-0.05, 0) is 12.1 Å². The summed E-state index contributed by atoms with van der Waals surface area (Å²) in [5, 5.41) is 8.59. The molecular weight excluding hydrogens is 240 g/mol. The normalized spacial score (nSPS) is 11.2. The quantitative estimate of drug-likeness (QED) is 0.847. The summed E-state index contributed by atoms with van der Waals surface area (Å²) in [5.74, 6) is 0.205. The molecule has 6 nitrogen and oxygen atoms in total. The Morgan fingerprint density at radius 2 is 2.06 bits per heavy atom. The maximum absolute atomic E-state index is 11.8. The largest absolute Gasteiger partial charge is 0.302 e. The molecule has 0 fully saturated rings. The van der Waals surface area contributed by atoms with Gasteiger partial charge in [0.1, 0.15) is 11.9 Å². The van der Waals surface area contributed by atoms with Gasteiger partial charge >= 0.3 is 10.2 Å². The van der Waals surface area contributed by atoms with E-state index < -0.39 is 10.2 Å². The zero-order valence-electron chi connectivity index (χ0n) is 9.71. The average molecular weight is 254 g/mol. The standard InChI is InChI=1S/C10H14N4O2S/c1-3-14(4-2)17(15,16)13-10-6-5-9(7-11)8-12-10/h5-6,8H,3-4H2,1-2H3,(H,12,13). The number of hydrogen-bond donors (Lipinski definition) is 1.